The van der Waals surface area contributed by atoms with Crippen LogP contribution in [0.4, 0.5) is 27.5 Å². The summed E-state index contributed by atoms with van der Waals surface area (Å²) in [4.78, 5) is 32.4. The van der Waals surface area contributed by atoms with Crippen LogP contribution in [0.1, 0.15) is 32.7 Å². The second kappa shape index (κ2) is 11.2. The van der Waals surface area contributed by atoms with Crippen LogP contribution in [0.3, 0.4) is 0 Å². The normalized spacial score (nSPS) is 20.3. The highest BCUT2D eigenvalue weighted by atomic mass is 19.1. The van der Waals surface area contributed by atoms with E-state index in [-0.39, 0.29) is 19.1 Å². The molecule has 2 atom stereocenters. The van der Waals surface area contributed by atoms with Crippen LogP contribution in [0.5, 0.6) is 0 Å². The maximum Gasteiger partial charge on any atom is 0.243 e. The molecule has 0 bridgehead atoms. The Balaban J connectivity index is 1.38. The number of fused-ring (bicyclic) bond motifs is 1. The van der Waals surface area contributed by atoms with E-state index >= 15 is 0 Å². The average molecular weight is 536 g/mol. The lowest BCUT2D eigenvalue weighted by atomic mass is 10.0. The number of amides is 1. The number of carbonyl (C=O) groups excluding carboxylic acids is 1. The van der Waals surface area contributed by atoms with E-state index in [0.717, 1.165) is 37.7 Å². The molecule has 0 saturated carbocycles. The number of hydrogen-bond donors (Lipinski definition) is 2. The molecule has 0 radical (unpaired) electrons. The molecule has 4 heterocycles. The fraction of sp³-hybridized carbons (Fsp3) is 0.500. The Bertz CT molecular complexity index is 1310. The molecule has 2 N–H and O–H groups in total. The molecule has 0 unspecified atom stereocenters. The summed E-state index contributed by atoms with van der Waals surface area (Å²) < 4.78 is 16.8. The summed E-state index contributed by atoms with van der Waals surface area (Å²) in [5.41, 5.74) is 3.41. The Morgan fingerprint density at radius 3 is 2.49 bits per heavy atom. The molecule has 1 amide bonds. The highest BCUT2D eigenvalue weighted by molar-refractivity contribution is 5.88. The van der Waals surface area contributed by atoms with Gasteiger partial charge in [0, 0.05) is 43.1 Å². The minimum Gasteiger partial charge on any atom is -0.371 e. The number of imidazole rings is 1. The van der Waals surface area contributed by atoms with E-state index in [1.54, 1.807) is 11.2 Å². The van der Waals surface area contributed by atoms with E-state index in [1.165, 1.54) is 5.69 Å². The molecule has 2 aliphatic heterocycles. The molecule has 2 fully saturated rings. The molecule has 2 saturated heterocycles. The van der Waals surface area contributed by atoms with Crippen molar-refractivity contribution in [3.8, 4) is 0 Å². The van der Waals surface area contributed by atoms with Gasteiger partial charge in [-0.15, -0.1) is 0 Å². The number of aromatic nitrogens is 4. The molecule has 3 aromatic rings. The molecule has 0 spiro atoms. The molecular weight excluding hydrogens is 497 g/mol. The van der Waals surface area contributed by atoms with Crippen molar-refractivity contribution in [3.05, 3.63) is 43.2 Å². The third kappa shape index (κ3) is 5.68. The zero-order valence-electron chi connectivity index (χ0n) is 23.1. The largest absolute Gasteiger partial charge is 0.371 e. The van der Waals surface area contributed by atoms with Crippen LogP contribution in [-0.4, -0.2) is 88.9 Å². The van der Waals surface area contributed by atoms with E-state index in [4.69, 9.17) is 9.97 Å². The molecular formula is C28H38FN9O. The number of benzene rings is 1. The summed E-state index contributed by atoms with van der Waals surface area (Å²) in [6, 6.07) is 8.48. The fourth-order valence-electron chi connectivity index (χ4n) is 5.35. The Kier molecular flexibility index (Phi) is 7.69. The van der Waals surface area contributed by atoms with Crippen LogP contribution in [0.15, 0.2) is 43.2 Å². The first kappa shape index (κ1) is 26.9. The Hall–Kier alpha value is -3.73. The Labute approximate surface area is 228 Å². The summed E-state index contributed by atoms with van der Waals surface area (Å²) in [7, 11) is 4.30. The topological polar surface area (TPSA) is 94.5 Å². The minimum absolute atomic E-state index is 0.0854. The van der Waals surface area contributed by atoms with Gasteiger partial charge < -0.3 is 29.9 Å². The van der Waals surface area contributed by atoms with Gasteiger partial charge in [0.2, 0.25) is 11.9 Å². The van der Waals surface area contributed by atoms with Gasteiger partial charge in [-0.05, 0) is 71.1 Å². The summed E-state index contributed by atoms with van der Waals surface area (Å²) in [5, 5.41) is 6.09. The van der Waals surface area contributed by atoms with Crippen molar-refractivity contribution in [2.75, 3.05) is 55.4 Å². The minimum atomic E-state index is -1.24. The zero-order chi connectivity index (χ0) is 27.7. The summed E-state index contributed by atoms with van der Waals surface area (Å²) in [5.74, 6) is 0.556. The molecule has 2 aliphatic rings. The predicted octanol–water partition coefficient (Wildman–Crippen LogP) is 3.51. The van der Waals surface area contributed by atoms with Gasteiger partial charge in [0.1, 0.15) is 6.17 Å². The first-order valence-corrected chi connectivity index (χ1v) is 13.6. The molecule has 11 heteroatoms. The van der Waals surface area contributed by atoms with Crippen LogP contribution < -0.4 is 20.4 Å². The average Bonchev–Trinajstić information content (AvgIpc) is 3.53. The lowest BCUT2D eigenvalue weighted by molar-refractivity contribution is -0.117. The van der Waals surface area contributed by atoms with Crippen LogP contribution in [0.25, 0.3) is 11.2 Å². The first-order valence-electron chi connectivity index (χ1n) is 13.6. The van der Waals surface area contributed by atoms with Gasteiger partial charge in [-0.25, -0.2) is 9.37 Å². The number of nitrogens with one attached hydrogen (secondary N) is 2. The molecule has 10 nitrogen and oxygen atoms in total. The number of carbonyl (C=O) groups is 1. The molecule has 2 aromatic heterocycles. The van der Waals surface area contributed by atoms with Gasteiger partial charge in [-0.3, -0.25) is 4.79 Å². The Morgan fingerprint density at radius 2 is 1.85 bits per heavy atom. The van der Waals surface area contributed by atoms with Gasteiger partial charge in [0.25, 0.3) is 0 Å². The standard InChI is InChI=1S/C28H38FN9O/c1-6-24(39)32-23-16-37(15-22(23)29)28-33-26(25-27(34-28)38(17-30-25)18(2)3)31-19-7-9-21(10-8-19)36-13-11-20(12-14-36)35(4)5/h6-10,17-18,20,22-23H,1,11-16H2,2-5H3,(H,32,39)(H,31,33,34)/t22-,23-/m1/s1. The number of rotatable bonds is 8. The highest BCUT2D eigenvalue weighted by Gasteiger charge is 2.35. The number of hydrogen-bond acceptors (Lipinski definition) is 8. The Morgan fingerprint density at radius 1 is 1.13 bits per heavy atom. The number of halogens is 1. The van der Waals surface area contributed by atoms with Gasteiger partial charge in [-0.2, -0.15) is 9.97 Å². The van der Waals surface area contributed by atoms with Crippen molar-refractivity contribution in [3.63, 3.8) is 0 Å². The van der Waals surface area contributed by atoms with Gasteiger partial charge in [-0.1, -0.05) is 6.58 Å². The van der Waals surface area contributed by atoms with Crippen molar-refractivity contribution in [1.29, 1.82) is 0 Å². The van der Waals surface area contributed by atoms with Crippen molar-refractivity contribution in [1.82, 2.24) is 29.7 Å². The number of anilines is 4. The lowest BCUT2D eigenvalue weighted by Gasteiger charge is -2.36. The van der Waals surface area contributed by atoms with E-state index < -0.39 is 18.1 Å². The molecule has 208 valence electrons. The van der Waals surface area contributed by atoms with Crippen LogP contribution in [0, 0.1) is 0 Å². The van der Waals surface area contributed by atoms with Crippen LogP contribution in [-0.2, 0) is 4.79 Å². The van der Waals surface area contributed by atoms with Gasteiger partial charge in [0.05, 0.1) is 18.9 Å². The predicted molar refractivity (Wildman–Crippen MR) is 154 cm³/mol. The van der Waals surface area contributed by atoms with Crippen LogP contribution in [0.2, 0.25) is 0 Å². The van der Waals surface area contributed by atoms with Crippen molar-refractivity contribution in [2.24, 2.45) is 0 Å². The van der Waals surface area contributed by atoms with E-state index in [2.05, 4.69) is 84.2 Å². The van der Waals surface area contributed by atoms with Crippen molar-refractivity contribution < 1.29 is 9.18 Å². The first-order chi connectivity index (χ1) is 18.7. The molecule has 5 rings (SSSR count). The maximum absolute atomic E-state index is 14.8. The highest BCUT2D eigenvalue weighted by Crippen LogP contribution is 2.30. The van der Waals surface area contributed by atoms with E-state index in [1.807, 2.05) is 4.57 Å². The van der Waals surface area contributed by atoms with Gasteiger partial charge >= 0.3 is 0 Å². The van der Waals surface area contributed by atoms with Crippen LogP contribution >= 0.6 is 0 Å². The smallest absolute Gasteiger partial charge is 0.243 e. The summed E-state index contributed by atoms with van der Waals surface area (Å²) in [6.07, 6.45) is 3.98. The van der Waals surface area contributed by atoms with Gasteiger partial charge in [0.15, 0.2) is 17.0 Å². The molecule has 0 aliphatic carbocycles. The number of piperidine rings is 1. The fourth-order valence-corrected chi connectivity index (χ4v) is 5.35. The SMILES string of the molecule is C=CC(=O)N[C@@H]1CN(c2nc(Nc3ccc(N4CCC(N(C)C)CC4)cc3)c3ncn(C(C)C)c3n2)C[C@H]1F. The van der Waals surface area contributed by atoms with E-state index in [0.29, 0.717) is 29.0 Å². The lowest BCUT2D eigenvalue weighted by Crippen LogP contribution is -2.41. The second-order valence-electron chi connectivity index (χ2n) is 10.9. The van der Waals surface area contributed by atoms with E-state index in [9.17, 15) is 9.18 Å². The monoisotopic (exact) mass is 535 g/mol. The third-order valence-corrected chi connectivity index (χ3v) is 7.70. The molecule has 39 heavy (non-hydrogen) atoms. The second-order valence-corrected chi connectivity index (χ2v) is 10.9. The summed E-state index contributed by atoms with van der Waals surface area (Å²) in [6.45, 7) is 10.0. The third-order valence-electron chi connectivity index (χ3n) is 7.70. The maximum atomic E-state index is 14.8. The zero-order valence-corrected chi connectivity index (χ0v) is 23.1. The van der Waals surface area contributed by atoms with Crippen molar-refractivity contribution >= 4 is 40.2 Å². The quantitative estimate of drug-likeness (QED) is 0.424. The van der Waals surface area contributed by atoms with Crippen molar-refractivity contribution in [2.45, 2.75) is 51.0 Å². The number of alkyl halides is 1. The summed E-state index contributed by atoms with van der Waals surface area (Å²) >= 11 is 0. The molecule has 1 aromatic carbocycles. The number of nitrogens with zero attached hydrogens (tertiary/aromatic N) is 7.